The van der Waals surface area contributed by atoms with Crippen LogP contribution in [0, 0.1) is 5.82 Å². The van der Waals surface area contributed by atoms with Gasteiger partial charge < -0.3 is 5.32 Å². The Kier molecular flexibility index (Phi) is 4.44. The zero-order valence-corrected chi connectivity index (χ0v) is 14.5. The molecule has 0 saturated heterocycles. The predicted octanol–water partition coefficient (Wildman–Crippen LogP) is 3.37. The summed E-state index contributed by atoms with van der Waals surface area (Å²) in [5.41, 5.74) is 2.82. The normalized spacial score (nSPS) is 16.2. The third kappa shape index (κ3) is 3.21. The summed E-state index contributed by atoms with van der Waals surface area (Å²) in [5, 5.41) is 11.5. The van der Waals surface area contributed by atoms with Gasteiger partial charge in [-0.25, -0.2) is 9.07 Å². The Bertz CT molecular complexity index is 954. The maximum atomic E-state index is 13.1. The number of nitrogens with zero attached hydrogens (tertiary/aromatic N) is 2. The number of fused-ring (bicyclic) bond motifs is 1. The summed E-state index contributed by atoms with van der Waals surface area (Å²) >= 11 is 6.20. The summed E-state index contributed by atoms with van der Waals surface area (Å²) in [5.74, 6) is -0.489. The predicted molar refractivity (Wildman–Crippen MR) is 97.3 cm³/mol. The van der Waals surface area contributed by atoms with E-state index in [0.717, 1.165) is 11.1 Å². The van der Waals surface area contributed by atoms with Gasteiger partial charge in [-0.1, -0.05) is 29.8 Å². The smallest absolute Gasteiger partial charge is 0.269 e. The van der Waals surface area contributed by atoms with Crippen molar-refractivity contribution in [2.45, 2.75) is 12.7 Å². The van der Waals surface area contributed by atoms with Crippen LogP contribution in [0.3, 0.4) is 0 Å². The summed E-state index contributed by atoms with van der Waals surface area (Å²) in [6.07, 6.45) is -0.201. The first-order valence-corrected chi connectivity index (χ1v) is 8.60. The number of hydrogen-bond acceptors (Lipinski definition) is 3. The molecule has 0 fully saturated rings. The number of amides is 1. The van der Waals surface area contributed by atoms with E-state index < -0.39 is 0 Å². The lowest BCUT2D eigenvalue weighted by Gasteiger charge is -2.26. The number of halogens is 2. The maximum absolute atomic E-state index is 13.1. The van der Waals surface area contributed by atoms with E-state index in [1.165, 1.54) is 12.1 Å². The van der Waals surface area contributed by atoms with Crippen molar-refractivity contribution in [2.75, 3.05) is 6.54 Å². The van der Waals surface area contributed by atoms with Gasteiger partial charge in [0.2, 0.25) is 0 Å². The Balaban J connectivity index is 1.60. The molecule has 132 valence electrons. The van der Waals surface area contributed by atoms with E-state index >= 15 is 0 Å². The van der Waals surface area contributed by atoms with Crippen LogP contribution in [-0.4, -0.2) is 22.2 Å². The Morgan fingerprint density at radius 2 is 2.00 bits per heavy atom. The molecule has 1 atom stereocenters. The van der Waals surface area contributed by atoms with E-state index in [9.17, 15) is 9.18 Å². The minimum atomic E-state index is -0.310. The molecule has 0 radical (unpaired) electrons. The molecule has 2 N–H and O–H groups in total. The van der Waals surface area contributed by atoms with Gasteiger partial charge in [-0.3, -0.25) is 10.1 Å². The molecule has 1 aliphatic rings. The molecule has 0 aliphatic carbocycles. The first kappa shape index (κ1) is 16.8. The minimum absolute atomic E-state index is 0.179. The largest absolute Gasteiger partial charge is 0.347 e. The van der Waals surface area contributed by atoms with Crippen molar-refractivity contribution in [1.82, 2.24) is 20.4 Å². The van der Waals surface area contributed by atoms with Crippen molar-refractivity contribution in [3.8, 4) is 11.3 Å². The van der Waals surface area contributed by atoms with Crippen molar-refractivity contribution in [1.29, 1.82) is 0 Å². The number of carbonyl (C=O) groups is 1. The monoisotopic (exact) mass is 370 g/mol. The molecule has 2 heterocycles. The molecule has 1 amide bonds. The quantitative estimate of drug-likeness (QED) is 0.740. The fourth-order valence-electron chi connectivity index (χ4n) is 2.96. The van der Waals surface area contributed by atoms with Gasteiger partial charge >= 0.3 is 0 Å². The first-order chi connectivity index (χ1) is 12.6. The molecule has 2 aromatic carbocycles. The second-order valence-electron chi connectivity index (χ2n) is 6.06. The van der Waals surface area contributed by atoms with Crippen LogP contribution in [0.25, 0.3) is 11.3 Å². The summed E-state index contributed by atoms with van der Waals surface area (Å²) in [7, 11) is 0. The van der Waals surface area contributed by atoms with E-state index in [2.05, 4.69) is 15.7 Å². The van der Waals surface area contributed by atoms with Gasteiger partial charge in [-0.15, -0.1) is 0 Å². The van der Waals surface area contributed by atoms with Crippen LogP contribution in [0.5, 0.6) is 0 Å². The van der Waals surface area contributed by atoms with Crippen LogP contribution in [0.4, 0.5) is 4.39 Å². The number of carbonyl (C=O) groups excluding carboxylic acids is 1. The Hall–Kier alpha value is -2.70. The fraction of sp³-hybridized carbons (Fsp3) is 0.158. The molecule has 26 heavy (non-hydrogen) atoms. The number of hydrogen-bond donors (Lipinski definition) is 2. The molecule has 0 unspecified atom stereocenters. The van der Waals surface area contributed by atoms with Crippen LogP contribution >= 0.6 is 11.6 Å². The lowest BCUT2D eigenvalue weighted by Crippen LogP contribution is -2.45. The zero-order valence-electron chi connectivity index (χ0n) is 13.7. The lowest BCUT2D eigenvalue weighted by atomic mass is 10.1. The van der Waals surface area contributed by atoms with E-state index in [1.54, 1.807) is 22.9 Å². The highest BCUT2D eigenvalue weighted by Crippen LogP contribution is 2.23. The molecule has 0 spiro atoms. The van der Waals surface area contributed by atoms with E-state index in [-0.39, 0.29) is 17.9 Å². The van der Waals surface area contributed by atoms with Gasteiger partial charge in [0.05, 0.1) is 12.2 Å². The van der Waals surface area contributed by atoms with Gasteiger partial charge in [0.1, 0.15) is 17.7 Å². The zero-order chi connectivity index (χ0) is 18.1. The number of nitrogens with one attached hydrogen (secondary N) is 2. The van der Waals surface area contributed by atoms with E-state index in [0.29, 0.717) is 29.5 Å². The molecule has 0 saturated carbocycles. The topological polar surface area (TPSA) is 59.0 Å². The van der Waals surface area contributed by atoms with Gasteiger partial charge in [0.15, 0.2) is 0 Å². The average molecular weight is 371 g/mol. The molecule has 1 aliphatic heterocycles. The molecule has 7 heteroatoms. The number of rotatable bonds is 4. The second kappa shape index (κ2) is 6.90. The molecular formula is C19H16ClFN4O. The maximum Gasteiger partial charge on any atom is 0.269 e. The van der Waals surface area contributed by atoms with Gasteiger partial charge in [0.25, 0.3) is 5.91 Å². The molecule has 4 rings (SSSR count). The minimum Gasteiger partial charge on any atom is -0.347 e. The summed E-state index contributed by atoms with van der Waals surface area (Å²) in [6.45, 7) is 0.964. The Labute approximate surface area is 154 Å². The van der Waals surface area contributed by atoms with E-state index in [4.69, 9.17) is 11.6 Å². The SMILES string of the molecule is O=C1NC[C@H](NCc2ccccc2Cl)n2nc(-c3ccc(F)cc3)cc21. The molecular weight excluding hydrogens is 355 g/mol. The van der Waals surface area contributed by atoms with Gasteiger partial charge in [-0.05, 0) is 42.0 Å². The van der Waals surface area contributed by atoms with Crippen molar-refractivity contribution in [3.05, 3.63) is 76.7 Å². The Morgan fingerprint density at radius 3 is 2.77 bits per heavy atom. The van der Waals surface area contributed by atoms with Crippen LogP contribution in [0.15, 0.2) is 54.6 Å². The first-order valence-electron chi connectivity index (χ1n) is 8.22. The number of benzene rings is 2. The fourth-order valence-corrected chi connectivity index (χ4v) is 3.16. The summed E-state index contributed by atoms with van der Waals surface area (Å²) < 4.78 is 14.8. The van der Waals surface area contributed by atoms with Crippen LogP contribution in [0.1, 0.15) is 22.2 Å². The highest BCUT2D eigenvalue weighted by molar-refractivity contribution is 6.31. The van der Waals surface area contributed by atoms with Gasteiger partial charge in [-0.2, -0.15) is 5.10 Å². The van der Waals surface area contributed by atoms with Crippen LogP contribution in [0.2, 0.25) is 5.02 Å². The van der Waals surface area contributed by atoms with Gasteiger partial charge in [0, 0.05) is 17.1 Å². The van der Waals surface area contributed by atoms with Crippen molar-refractivity contribution < 1.29 is 9.18 Å². The second-order valence-corrected chi connectivity index (χ2v) is 6.47. The third-order valence-corrected chi connectivity index (χ3v) is 4.71. The van der Waals surface area contributed by atoms with Crippen LogP contribution < -0.4 is 10.6 Å². The van der Waals surface area contributed by atoms with Crippen LogP contribution in [-0.2, 0) is 6.54 Å². The highest BCUT2D eigenvalue weighted by atomic mass is 35.5. The van der Waals surface area contributed by atoms with Crippen molar-refractivity contribution in [2.24, 2.45) is 0 Å². The standard InChI is InChI=1S/C19H16ClFN4O/c20-15-4-2-1-3-13(15)10-22-18-11-23-19(26)17-9-16(24-25(17)18)12-5-7-14(21)8-6-12/h1-9,18,22H,10-11H2,(H,23,26)/t18-/m1/s1. The Morgan fingerprint density at radius 1 is 1.23 bits per heavy atom. The summed E-state index contributed by atoms with van der Waals surface area (Å²) in [6, 6.07) is 15.4. The molecule has 0 bridgehead atoms. The molecule has 5 nitrogen and oxygen atoms in total. The highest BCUT2D eigenvalue weighted by Gasteiger charge is 2.27. The third-order valence-electron chi connectivity index (χ3n) is 4.35. The summed E-state index contributed by atoms with van der Waals surface area (Å²) in [4.78, 5) is 12.2. The lowest BCUT2D eigenvalue weighted by molar-refractivity contribution is 0.0900. The molecule has 1 aromatic heterocycles. The number of aromatic nitrogens is 2. The average Bonchev–Trinajstić information content (AvgIpc) is 3.09. The molecule has 3 aromatic rings. The van der Waals surface area contributed by atoms with Crippen molar-refractivity contribution in [3.63, 3.8) is 0 Å². The van der Waals surface area contributed by atoms with E-state index in [1.807, 2.05) is 24.3 Å². The van der Waals surface area contributed by atoms with Crippen molar-refractivity contribution >= 4 is 17.5 Å².